The van der Waals surface area contributed by atoms with Gasteiger partial charge in [-0.1, -0.05) is 18.2 Å². The molecule has 6 heterocycles. The predicted octanol–water partition coefficient (Wildman–Crippen LogP) is 5.80. The molecule has 4 fully saturated rings. The SMILES string of the molecule is CCOP(=O)(OCC)C(F)(F)c1ccc2sc(C(=O)N[C@H]3CN(C(=O)OC)CC[C@H]4CC[C@@H](C(=O)N[C@@H](CCC(N)=O)C(=O)N[C@@H](Cc5ccc(F)c(F)c5)C(=O)N5CCC(CCCc6ccc7c(c6)n(C)c(=O)n7C6CCC(=O)NC6=O)CC5)N4C3=O)cc2c1. The highest BCUT2D eigenvalue weighted by Gasteiger charge is 2.55. The summed E-state index contributed by atoms with van der Waals surface area (Å²) in [6, 6.07) is 6.13. The Hall–Kier alpha value is -8.01. The number of rotatable bonds is 23. The molecule has 4 aliphatic heterocycles. The molecule has 9 amide bonds. The van der Waals surface area contributed by atoms with Crippen LogP contribution in [0.2, 0.25) is 0 Å². The van der Waals surface area contributed by atoms with Gasteiger partial charge >= 0.3 is 25.0 Å². The molecule has 490 valence electrons. The van der Waals surface area contributed by atoms with Crippen molar-refractivity contribution in [2.45, 2.75) is 139 Å². The molecule has 6 N–H and O–H groups in total. The number of hydrogen-bond acceptors (Lipinski definition) is 15. The van der Waals surface area contributed by atoms with Crippen LogP contribution in [-0.2, 0) is 77.5 Å². The monoisotopic (exact) mass is 1310 g/mol. The maximum absolute atomic E-state index is 15.8. The van der Waals surface area contributed by atoms with Crippen LogP contribution in [0.1, 0.15) is 117 Å². The number of aryl methyl sites for hydroxylation is 2. The number of aromatic nitrogens is 2. The lowest BCUT2D eigenvalue weighted by atomic mass is 9.90. The molecule has 0 spiro atoms. The number of imide groups is 1. The summed E-state index contributed by atoms with van der Waals surface area (Å²) in [4.78, 5) is 140. The standard InChI is InChI=1S/C61H73F4N10O14PS/c1-5-88-90(86,89-6-2)61(64,65)38-12-19-49-37(31-38)32-50(91-49)56(81)69-44-33-73(60(85)87-4)27-24-39-13-17-46(74(39)58(44)83)54(79)67-42(15-20-51(66)76)53(78)68-43(29-36-10-14-40(62)41(63)28-36)57(82)72-25-22-34(23-26-72)8-7-9-35-11-16-45-48(30-35)71(3)59(84)75(45)47-18-21-52(77)70-55(47)80/h10-12,14,16,19,28,30-32,34,39,42-44,46-47H,5-9,13,15,17-18,20-27,29,33H2,1-4H3,(H2,66,76)(H,67,79)(H,68,78)(H,69,81)(H,70,77,80)/t39-,42+,43+,44+,46+,47?/m1/s1. The number of ether oxygens (including phenoxy) is 1. The number of fused-ring (bicyclic) bond motifs is 3. The van der Waals surface area contributed by atoms with E-state index in [9.17, 15) is 61.3 Å². The first-order valence-electron chi connectivity index (χ1n) is 30.3. The number of piperidine rings is 2. The van der Waals surface area contributed by atoms with Gasteiger partial charge in [-0.25, -0.2) is 18.4 Å². The lowest BCUT2D eigenvalue weighted by Gasteiger charge is -2.38. The van der Waals surface area contributed by atoms with Crippen molar-refractivity contribution in [3.05, 3.63) is 104 Å². The zero-order valence-corrected chi connectivity index (χ0v) is 52.4. The number of methoxy groups -OCH3 is 1. The summed E-state index contributed by atoms with van der Waals surface area (Å²) in [7, 11) is -2.22. The van der Waals surface area contributed by atoms with E-state index >= 15 is 8.78 Å². The fourth-order valence-corrected chi connectivity index (χ4v) is 15.0. The molecule has 24 nitrogen and oxygen atoms in total. The number of primary amides is 1. The van der Waals surface area contributed by atoms with E-state index in [1.807, 2.05) is 12.1 Å². The zero-order chi connectivity index (χ0) is 65.6. The molecule has 4 aliphatic rings. The molecule has 2 aromatic heterocycles. The lowest BCUT2D eigenvalue weighted by Crippen LogP contribution is -2.62. The fraction of sp³-hybridized carbons (Fsp3) is 0.508. The summed E-state index contributed by atoms with van der Waals surface area (Å²) in [6.45, 7) is 2.29. The maximum Gasteiger partial charge on any atom is 0.409 e. The van der Waals surface area contributed by atoms with Gasteiger partial charge in [0.15, 0.2) is 11.6 Å². The third-order valence-corrected chi connectivity index (χ3v) is 20.5. The van der Waals surface area contributed by atoms with Crippen molar-refractivity contribution in [2.75, 3.05) is 46.5 Å². The van der Waals surface area contributed by atoms with Gasteiger partial charge in [0.2, 0.25) is 41.4 Å². The van der Waals surface area contributed by atoms with Gasteiger partial charge in [0.05, 0.1) is 42.8 Å². The molecule has 0 bridgehead atoms. The van der Waals surface area contributed by atoms with Crippen LogP contribution in [0, 0.1) is 17.6 Å². The number of nitrogens with zero attached hydrogens (tertiary/aromatic N) is 5. The van der Waals surface area contributed by atoms with Crippen LogP contribution in [0.15, 0.2) is 65.5 Å². The van der Waals surface area contributed by atoms with Gasteiger partial charge in [0, 0.05) is 62.2 Å². The summed E-state index contributed by atoms with van der Waals surface area (Å²) in [5.41, 5.74) is 2.75. The van der Waals surface area contributed by atoms with Gasteiger partial charge in [0.25, 0.3) is 5.91 Å². The molecule has 0 aliphatic carbocycles. The van der Waals surface area contributed by atoms with Crippen LogP contribution in [0.4, 0.5) is 22.4 Å². The van der Waals surface area contributed by atoms with E-state index < -0.39 is 127 Å². The number of carbonyl (C=O) groups is 9. The Balaban J connectivity index is 0.873. The van der Waals surface area contributed by atoms with Crippen LogP contribution in [-0.4, -0.2) is 154 Å². The van der Waals surface area contributed by atoms with Gasteiger partial charge in [-0.05, 0) is 143 Å². The molecule has 0 radical (unpaired) electrons. The quantitative estimate of drug-likeness (QED) is 0.0294. The lowest BCUT2D eigenvalue weighted by molar-refractivity contribution is -0.144. The first kappa shape index (κ1) is 67.4. The Kier molecular flexibility index (Phi) is 21.2. The third kappa shape index (κ3) is 14.8. The van der Waals surface area contributed by atoms with E-state index in [4.69, 9.17) is 19.5 Å². The highest BCUT2D eigenvalue weighted by atomic mass is 32.1. The number of amides is 9. The van der Waals surface area contributed by atoms with E-state index in [-0.39, 0.29) is 111 Å². The molecule has 6 atom stereocenters. The van der Waals surface area contributed by atoms with Crippen LogP contribution in [0.3, 0.4) is 0 Å². The van der Waals surface area contributed by atoms with E-state index in [1.165, 1.54) is 51.0 Å². The molecule has 9 rings (SSSR count). The van der Waals surface area contributed by atoms with Crippen molar-refractivity contribution in [2.24, 2.45) is 18.7 Å². The second kappa shape index (κ2) is 28.7. The van der Waals surface area contributed by atoms with Crippen molar-refractivity contribution in [3.8, 4) is 0 Å². The summed E-state index contributed by atoms with van der Waals surface area (Å²) >= 11 is 0.897. The summed E-state index contributed by atoms with van der Waals surface area (Å²) < 4.78 is 91.9. The summed E-state index contributed by atoms with van der Waals surface area (Å²) in [5, 5.41) is 10.5. The Morgan fingerprint density at radius 1 is 0.824 bits per heavy atom. The second-order valence-electron chi connectivity index (χ2n) is 23.2. The Bertz CT molecular complexity index is 3750. The number of carbonyl (C=O) groups excluding carboxylic acids is 9. The first-order valence-corrected chi connectivity index (χ1v) is 32.6. The summed E-state index contributed by atoms with van der Waals surface area (Å²) in [5.74, 6) is -7.83. The van der Waals surface area contributed by atoms with Crippen molar-refractivity contribution in [3.63, 3.8) is 0 Å². The van der Waals surface area contributed by atoms with E-state index in [0.717, 1.165) is 61.1 Å². The third-order valence-electron chi connectivity index (χ3n) is 17.3. The van der Waals surface area contributed by atoms with Crippen molar-refractivity contribution < 1.29 is 79.1 Å². The van der Waals surface area contributed by atoms with Crippen molar-refractivity contribution >= 4 is 93.4 Å². The zero-order valence-electron chi connectivity index (χ0n) is 50.6. The average molecular weight is 1310 g/mol. The first-order chi connectivity index (χ1) is 43.3. The number of hydrogen-bond donors (Lipinski definition) is 5. The largest absolute Gasteiger partial charge is 0.453 e. The molecular weight excluding hydrogens is 1240 g/mol. The van der Waals surface area contributed by atoms with Gasteiger partial charge in [0.1, 0.15) is 30.2 Å². The van der Waals surface area contributed by atoms with Crippen LogP contribution < -0.4 is 32.7 Å². The highest BCUT2D eigenvalue weighted by Crippen LogP contribution is 2.67. The minimum atomic E-state index is -4.99. The van der Waals surface area contributed by atoms with Crippen LogP contribution >= 0.6 is 18.9 Å². The number of likely N-dealkylation sites (tertiary alicyclic amines) is 1. The Morgan fingerprint density at radius 2 is 1.54 bits per heavy atom. The molecule has 1 unspecified atom stereocenters. The fourth-order valence-electron chi connectivity index (χ4n) is 12.6. The van der Waals surface area contributed by atoms with E-state index in [2.05, 4.69) is 21.3 Å². The van der Waals surface area contributed by atoms with E-state index in [1.54, 1.807) is 18.0 Å². The molecule has 91 heavy (non-hydrogen) atoms. The molecular formula is C61H73F4N10O14PS. The van der Waals surface area contributed by atoms with Gasteiger partial charge in [-0.15, -0.1) is 11.3 Å². The maximum atomic E-state index is 15.8. The number of benzene rings is 3. The Labute approximate surface area is 524 Å². The van der Waals surface area contributed by atoms with Gasteiger partial charge in [-0.3, -0.25) is 57.4 Å². The molecule has 0 saturated carbocycles. The number of alkyl halides is 2. The molecule has 3 aromatic carbocycles. The minimum absolute atomic E-state index is 0.0136. The minimum Gasteiger partial charge on any atom is -0.453 e. The number of nitrogens with one attached hydrogen (secondary N) is 4. The Morgan fingerprint density at radius 3 is 2.22 bits per heavy atom. The number of thiophene rings is 1. The average Bonchev–Trinajstić information content (AvgIpc) is 1.69. The number of nitrogens with two attached hydrogens (primary N) is 1. The van der Waals surface area contributed by atoms with E-state index in [0.29, 0.717) is 35.0 Å². The molecule has 4 saturated heterocycles. The number of halogens is 4. The smallest absolute Gasteiger partial charge is 0.409 e. The predicted molar refractivity (Wildman–Crippen MR) is 323 cm³/mol. The second-order valence-corrected chi connectivity index (χ2v) is 26.4. The topological polar surface area (TPSA) is 309 Å². The van der Waals surface area contributed by atoms with Gasteiger partial charge < -0.3 is 50.2 Å². The van der Waals surface area contributed by atoms with Crippen molar-refractivity contribution in [1.82, 2.24) is 45.1 Å². The molecule has 30 heteroatoms. The van der Waals surface area contributed by atoms with Crippen LogP contribution in [0.25, 0.3) is 21.1 Å². The normalized spacial score (nSPS) is 20.0. The van der Waals surface area contributed by atoms with Gasteiger partial charge in [-0.2, -0.15) is 8.78 Å². The highest BCUT2D eigenvalue weighted by molar-refractivity contribution is 7.54. The van der Waals surface area contributed by atoms with Crippen molar-refractivity contribution in [1.29, 1.82) is 0 Å². The summed E-state index contributed by atoms with van der Waals surface area (Å²) in [6.07, 6.45) is 2.26. The number of imidazole rings is 1. The van der Waals surface area contributed by atoms with Crippen LogP contribution in [0.5, 0.6) is 0 Å². The molecule has 5 aromatic rings.